The fraction of sp³-hybridized carbons (Fsp3) is 0.154. The van der Waals surface area contributed by atoms with Crippen molar-refractivity contribution < 1.29 is 14.7 Å². The van der Waals surface area contributed by atoms with Crippen LogP contribution in [0.5, 0.6) is 0 Å². The van der Waals surface area contributed by atoms with Crippen LogP contribution < -0.4 is 5.32 Å². The average Bonchev–Trinajstić information content (AvgIpc) is 2.75. The summed E-state index contributed by atoms with van der Waals surface area (Å²) >= 11 is 0. The van der Waals surface area contributed by atoms with Crippen LogP contribution in [0.15, 0.2) is 30.5 Å². The topological polar surface area (TPSA) is 84.2 Å². The number of benzene rings is 1. The first-order valence-corrected chi connectivity index (χ1v) is 5.62. The molecular formula is C13H13N3O3. The van der Waals surface area contributed by atoms with Gasteiger partial charge in [0.25, 0.3) is 5.91 Å². The van der Waals surface area contributed by atoms with Gasteiger partial charge in [-0.05, 0) is 36.8 Å². The third-order valence-electron chi connectivity index (χ3n) is 2.77. The van der Waals surface area contributed by atoms with Crippen molar-refractivity contribution in [2.75, 3.05) is 5.32 Å². The zero-order valence-corrected chi connectivity index (χ0v) is 10.5. The van der Waals surface area contributed by atoms with Gasteiger partial charge in [0.2, 0.25) is 0 Å². The molecule has 1 aromatic heterocycles. The summed E-state index contributed by atoms with van der Waals surface area (Å²) in [5.74, 6) is -1.27. The largest absolute Gasteiger partial charge is 0.478 e. The molecule has 0 atom stereocenters. The Morgan fingerprint density at radius 3 is 2.58 bits per heavy atom. The van der Waals surface area contributed by atoms with E-state index in [9.17, 15) is 9.59 Å². The summed E-state index contributed by atoms with van der Waals surface area (Å²) in [4.78, 5) is 22.8. The van der Waals surface area contributed by atoms with E-state index < -0.39 is 5.97 Å². The van der Waals surface area contributed by atoms with Crippen molar-refractivity contribution in [2.24, 2.45) is 7.05 Å². The second-order valence-electron chi connectivity index (χ2n) is 4.13. The molecule has 0 aliphatic heterocycles. The molecule has 0 bridgehead atoms. The molecule has 2 aromatic rings. The summed E-state index contributed by atoms with van der Waals surface area (Å²) in [5, 5.41) is 15.5. The Kier molecular flexibility index (Phi) is 3.33. The number of carboxylic acid groups (broad SMARTS) is 1. The highest BCUT2D eigenvalue weighted by atomic mass is 16.4. The number of carbonyl (C=O) groups excluding carboxylic acids is 1. The zero-order valence-electron chi connectivity index (χ0n) is 10.5. The molecule has 1 aromatic carbocycles. The van der Waals surface area contributed by atoms with Gasteiger partial charge in [-0.1, -0.05) is 0 Å². The molecule has 0 aliphatic carbocycles. The summed E-state index contributed by atoms with van der Waals surface area (Å²) in [6.07, 6.45) is 1.54. The minimum atomic E-state index is -0.984. The molecule has 0 saturated heterocycles. The molecule has 0 aliphatic rings. The van der Waals surface area contributed by atoms with E-state index in [0.29, 0.717) is 16.9 Å². The van der Waals surface area contributed by atoms with Crippen molar-refractivity contribution in [3.63, 3.8) is 0 Å². The van der Waals surface area contributed by atoms with Crippen LogP contribution in [0.2, 0.25) is 0 Å². The monoisotopic (exact) mass is 259 g/mol. The molecule has 2 N–H and O–H groups in total. The highest BCUT2D eigenvalue weighted by Gasteiger charge is 2.12. The summed E-state index contributed by atoms with van der Waals surface area (Å²) in [6.45, 7) is 1.68. The summed E-state index contributed by atoms with van der Waals surface area (Å²) in [7, 11) is 1.67. The first-order chi connectivity index (χ1) is 8.99. The van der Waals surface area contributed by atoms with Crippen LogP contribution in [0.4, 0.5) is 5.69 Å². The third-order valence-corrected chi connectivity index (χ3v) is 2.77. The van der Waals surface area contributed by atoms with Crippen LogP contribution in [0, 0.1) is 6.92 Å². The number of aryl methyl sites for hydroxylation is 2. The molecule has 2 rings (SSSR count). The molecule has 0 saturated carbocycles. The molecule has 19 heavy (non-hydrogen) atoms. The van der Waals surface area contributed by atoms with Gasteiger partial charge >= 0.3 is 5.97 Å². The van der Waals surface area contributed by atoms with Crippen LogP contribution in [-0.4, -0.2) is 26.8 Å². The molecule has 0 unspecified atom stereocenters. The number of aromatic nitrogens is 2. The van der Waals surface area contributed by atoms with E-state index in [1.165, 1.54) is 16.9 Å². The van der Waals surface area contributed by atoms with Crippen molar-refractivity contribution in [3.05, 3.63) is 47.3 Å². The van der Waals surface area contributed by atoms with Gasteiger partial charge in [-0.25, -0.2) is 4.79 Å². The van der Waals surface area contributed by atoms with Crippen LogP contribution in [0.25, 0.3) is 0 Å². The number of aromatic carboxylic acids is 1. The number of nitrogens with one attached hydrogen (secondary N) is 1. The lowest BCUT2D eigenvalue weighted by atomic mass is 10.1. The van der Waals surface area contributed by atoms with Gasteiger partial charge in [0.1, 0.15) is 5.69 Å². The van der Waals surface area contributed by atoms with Gasteiger partial charge in [0.15, 0.2) is 0 Å². The summed E-state index contributed by atoms with van der Waals surface area (Å²) in [5.41, 5.74) is 1.79. The molecule has 1 heterocycles. The Balaban J connectivity index is 2.21. The fourth-order valence-corrected chi connectivity index (χ4v) is 1.77. The lowest BCUT2D eigenvalue weighted by Gasteiger charge is -2.07. The molecule has 0 spiro atoms. The molecule has 0 radical (unpaired) electrons. The number of hydrogen-bond donors (Lipinski definition) is 2. The Labute approximate surface area is 109 Å². The second-order valence-corrected chi connectivity index (χ2v) is 4.13. The molecule has 6 heteroatoms. The predicted octanol–water partition coefficient (Wildman–Crippen LogP) is 1.68. The Morgan fingerprint density at radius 2 is 2.05 bits per heavy atom. The molecule has 98 valence electrons. The van der Waals surface area contributed by atoms with E-state index in [2.05, 4.69) is 10.4 Å². The Bertz CT molecular complexity index is 646. The highest BCUT2D eigenvalue weighted by molar-refractivity contribution is 6.03. The van der Waals surface area contributed by atoms with Crippen LogP contribution in [0.3, 0.4) is 0 Å². The van der Waals surface area contributed by atoms with E-state index in [4.69, 9.17) is 5.11 Å². The lowest BCUT2D eigenvalue weighted by molar-refractivity contribution is 0.0696. The molecule has 0 fully saturated rings. The Morgan fingerprint density at radius 1 is 1.32 bits per heavy atom. The highest BCUT2D eigenvalue weighted by Crippen LogP contribution is 2.16. The van der Waals surface area contributed by atoms with Crippen molar-refractivity contribution in [3.8, 4) is 0 Å². The number of hydrogen-bond acceptors (Lipinski definition) is 3. The van der Waals surface area contributed by atoms with Gasteiger partial charge in [0.05, 0.1) is 5.56 Å². The number of rotatable bonds is 3. The van der Waals surface area contributed by atoms with Crippen LogP contribution in [0.1, 0.15) is 26.4 Å². The van der Waals surface area contributed by atoms with Gasteiger partial charge < -0.3 is 10.4 Å². The van der Waals surface area contributed by atoms with Gasteiger partial charge in [-0.3, -0.25) is 9.48 Å². The first-order valence-electron chi connectivity index (χ1n) is 5.62. The van der Waals surface area contributed by atoms with Crippen molar-refractivity contribution in [1.82, 2.24) is 9.78 Å². The molecule has 1 amide bonds. The van der Waals surface area contributed by atoms with Gasteiger partial charge in [0, 0.05) is 18.9 Å². The van der Waals surface area contributed by atoms with E-state index >= 15 is 0 Å². The van der Waals surface area contributed by atoms with E-state index in [1.54, 1.807) is 32.2 Å². The van der Waals surface area contributed by atoms with Crippen LogP contribution >= 0.6 is 0 Å². The van der Waals surface area contributed by atoms with Crippen LogP contribution in [-0.2, 0) is 7.05 Å². The third kappa shape index (κ3) is 2.62. The number of anilines is 1. The maximum absolute atomic E-state index is 11.9. The normalized spacial score (nSPS) is 10.2. The van der Waals surface area contributed by atoms with Crippen molar-refractivity contribution in [2.45, 2.75) is 6.92 Å². The lowest BCUT2D eigenvalue weighted by Crippen LogP contribution is -2.16. The smallest absolute Gasteiger partial charge is 0.335 e. The second kappa shape index (κ2) is 4.93. The zero-order chi connectivity index (χ0) is 14.0. The van der Waals surface area contributed by atoms with Crippen molar-refractivity contribution in [1.29, 1.82) is 0 Å². The van der Waals surface area contributed by atoms with Gasteiger partial charge in [-0.2, -0.15) is 5.10 Å². The number of carbonyl (C=O) groups is 2. The fourth-order valence-electron chi connectivity index (χ4n) is 1.77. The predicted molar refractivity (Wildman–Crippen MR) is 69.3 cm³/mol. The maximum atomic E-state index is 11.9. The SMILES string of the molecule is Cc1cc(NC(=O)c2ccnn2C)ccc1C(=O)O. The number of nitrogens with zero attached hydrogens (tertiary/aromatic N) is 2. The standard InChI is InChI=1S/C13H13N3O3/c1-8-7-9(3-4-10(8)13(18)19)15-12(17)11-5-6-14-16(11)2/h3-7H,1-2H3,(H,15,17)(H,18,19). The Hall–Kier alpha value is -2.63. The maximum Gasteiger partial charge on any atom is 0.335 e. The first kappa shape index (κ1) is 12.8. The van der Waals surface area contributed by atoms with E-state index in [-0.39, 0.29) is 11.5 Å². The number of amides is 1. The summed E-state index contributed by atoms with van der Waals surface area (Å²) < 4.78 is 1.47. The minimum absolute atomic E-state index is 0.221. The summed E-state index contributed by atoms with van der Waals surface area (Å²) in [6, 6.07) is 6.26. The minimum Gasteiger partial charge on any atom is -0.478 e. The van der Waals surface area contributed by atoms with E-state index in [0.717, 1.165) is 0 Å². The van der Waals surface area contributed by atoms with Crippen molar-refractivity contribution >= 4 is 17.6 Å². The van der Waals surface area contributed by atoms with E-state index in [1.807, 2.05) is 0 Å². The average molecular weight is 259 g/mol. The molecule has 6 nitrogen and oxygen atoms in total. The quantitative estimate of drug-likeness (QED) is 0.878. The number of carboxylic acids is 1. The van der Waals surface area contributed by atoms with Gasteiger partial charge in [-0.15, -0.1) is 0 Å². The molecular weight excluding hydrogens is 246 g/mol.